The molecule has 1 unspecified atom stereocenters. The summed E-state index contributed by atoms with van der Waals surface area (Å²) in [6.45, 7) is 0.538. The van der Waals surface area contributed by atoms with Gasteiger partial charge in [0.15, 0.2) is 0 Å². The second-order valence-corrected chi connectivity index (χ2v) is 4.71. The van der Waals surface area contributed by atoms with Gasteiger partial charge in [-0.25, -0.2) is 0 Å². The van der Waals surface area contributed by atoms with E-state index in [0.29, 0.717) is 23.7 Å². The number of hydrogen-bond acceptors (Lipinski definition) is 3. The highest BCUT2D eigenvalue weighted by atomic mass is 35.5. The Labute approximate surface area is 116 Å². The number of anilines is 1. The molecule has 2 amide bonds. The van der Waals surface area contributed by atoms with E-state index >= 15 is 0 Å². The Hall–Kier alpha value is -1.59. The SMILES string of the molecule is O=C(CNC(=O)C1CCCO1)Nc1ccc(Cl)cc1. The summed E-state index contributed by atoms with van der Waals surface area (Å²) in [5.41, 5.74) is 0.640. The smallest absolute Gasteiger partial charge is 0.249 e. The van der Waals surface area contributed by atoms with Crippen molar-refractivity contribution in [3.63, 3.8) is 0 Å². The first-order valence-corrected chi connectivity index (χ1v) is 6.47. The number of benzene rings is 1. The Bertz CT molecular complexity index is 455. The van der Waals surface area contributed by atoms with Crippen LogP contribution in [0.25, 0.3) is 0 Å². The second kappa shape index (κ2) is 6.54. The highest BCUT2D eigenvalue weighted by molar-refractivity contribution is 6.30. The normalized spacial score (nSPS) is 18.1. The van der Waals surface area contributed by atoms with Gasteiger partial charge >= 0.3 is 0 Å². The fourth-order valence-corrected chi connectivity index (χ4v) is 1.93. The van der Waals surface area contributed by atoms with Crippen LogP contribution in [0.15, 0.2) is 24.3 Å². The highest BCUT2D eigenvalue weighted by Gasteiger charge is 2.23. The van der Waals surface area contributed by atoms with Gasteiger partial charge in [0.1, 0.15) is 6.10 Å². The minimum atomic E-state index is -0.414. The first-order valence-electron chi connectivity index (χ1n) is 6.10. The van der Waals surface area contributed by atoms with Gasteiger partial charge < -0.3 is 15.4 Å². The van der Waals surface area contributed by atoms with Crippen molar-refractivity contribution in [2.75, 3.05) is 18.5 Å². The monoisotopic (exact) mass is 282 g/mol. The van der Waals surface area contributed by atoms with Crippen molar-refractivity contribution in [1.82, 2.24) is 5.32 Å². The van der Waals surface area contributed by atoms with E-state index < -0.39 is 6.10 Å². The van der Waals surface area contributed by atoms with E-state index in [-0.39, 0.29) is 18.4 Å². The van der Waals surface area contributed by atoms with Crippen molar-refractivity contribution in [1.29, 1.82) is 0 Å². The van der Waals surface area contributed by atoms with Crippen LogP contribution >= 0.6 is 11.6 Å². The van der Waals surface area contributed by atoms with Gasteiger partial charge in [0, 0.05) is 17.3 Å². The maximum absolute atomic E-state index is 11.6. The maximum atomic E-state index is 11.6. The molecule has 5 nitrogen and oxygen atoms in total. The summed E-state index contributed by atoms with van der Waals surface area (Å²) in [4.78, 5) is 23.2. The van der Waals surface area contributed by atoms with Crippen LogP contribution < -0.4 is 10.6 Å². The lowest BCUT2D eigenvalue weighted by Crippen LogP contribution is -2.39. The van der Waals surface area contributed by atoms with Crippen LogP contribution in [0.1, 0.15) is 12.8 Å². The van der Waals surface area contributed by atoms with Crippen molar-refractivity contribution in [3.05, 3.63) is 29.3 Å². The van der Waals surface area contributed by atoms with E-state index in [2.05, 4.69) is 10.6 Å². The van der Waals surface area contributed by atoms with Crippen LogP contribution in [0.4, 0.5) is 5.69 Å². The molecule has 2 N–H and O–H groups in total. The molecule has 0 radical (unpaired) electrons. The molecule has 0 spiro atoms. The van der Waals surface area contributed by atoms with Crippen LogP contribution in [-0.4, -0.2) is 31.1 Å². The predicted molar refractivity (Wildman–Crippen MR) is 72.1 cm³/mol. The van der Waals surface area contributed by atoms with Crippen molar-refractivity contribution in [2.24, 2.45) is 0 Å². The molecule has 102 valence electrons. The van der Waals surface area contributed by atoms with Gasteiger partial charge in [0.25, 0.3) is 0 Å². The van der Waals surface area contributed by atoms with Gasteiger partial charge in [-0.1, -0.05) is 11.6 Å². The van der Waals surface area contributed by atoms with Crippen molar-refractivity contribution < 1.29 is 14.3 Å². The second-order valence-electron chi connectivity index (χ2n) is 4.27. The largest absolute Gasteiger partial charge is 0.368 e. The molecule has 2 rings (SSSR count). The molecule has 1 aliphatic heterocycles. The minimum absolute atomic E-state index is 0.0681. The molecule has 0 aromatic heterocycles. The highest BCUT2D eigenvalue weighted by Crippen LogP contribution is 2.13. The predicted octanol–water partition coefficient (Wildman–Crippen LogP) is 1.57. The van der Waals surface area contributed by atoms with E-state index in [1.54, 1.807) is 24.3 Å². The molecule has 1 aromatic rings. The average molecular weight is 283 g/mol. The average Bonchev–Trinajstić information content (AvgIpc) is 2.93. The molecular weight excluding hydrogens is 268 g/mol. The molecule has 1 fully saturated rings. The standard InChI is InChI=1S/C13H15ClN2O3/c14-9-3-5-10(6-4-9)16-12(17)8-15-13(18)11-2-1-7-19-11/h3-6,11H,1-2,7-8H2,(H,15,18)(H,16,17). The fourth-order valence-electron chi connectivity index (χ4n) is 1.80. The Morgan fingerprint density at radius 1 is 1.32 bits per heavy atom. The van der Waals surface area contributed by atoms with E-state index in [4.69, 9.17) is 16.3 Å². The lowest BCUT2D eigenvalue weighted by molar-refractivity contribution is -0.131. The van der Waals surface area contributed by atoms with Crippen molar-refractivity contribution in [3.8, 4) is 0 Å². The summed E-state index contributed by atoms with van der Waals surface area (Å²) >= 11 is 5.74. The molecule has 1 aliphatic rings. The van der Waals surface area contributed by atoms with Gasteiger partial charge in [-0.05, 0) is 37.1 Å². The summed E-state index contributed by atoms with van der Waals surface area (Å²) in [5, 5.41) is 5.82. The van der Waals surface area contributed by atoms with Crippen LogP contribution in [0, 0.1) is 0 Å². The van der Waals surface area contributed by atoms with E-state index in [0.717, 1.165) is 6.42 Å². The van der Waals surface area contributed by atoms with Crippen LogP contribution in [0.5, 0.6) is 0 Å². The fraction of sp³-hybridized carbons (Fsp3) is 0.385. The van der Waals surface area contributed by atoms with Gasteiger partial charge in [-0.3, -0.25) is 9.59 Å². The number of amides is 2. The Morgan fingerprint density at radius 2 is 2.05 bits per heavy atom. The zero-order chi connectivity index (χ0) is 13.7. The zero-order valence-corrected chi connectivity index (χ0v) is 11.1. The molecule has 1 aromatic carbocycles. The number of ether oxygens (including phenoxy) is 1. The maximum Gasteiger partial charge on any atom is 0.249 e. The van der Waals surface area contributed by atoms with Crippen molar-refractivity contribution in [2.45, 2.75) is 18.9 Å². The number of rotatable bonds is 4. The van der Waals surface area contributed by atoms with Gasteiger partial charge in [-0.15, -0.1) is 0 Å². The van der Waals surface area contributed by atoms with Crippen LogP contribution in [-0.2, 0) is 14.3 Å². The molecule has 0 saturated carbocycles. The lowest BCUT2D eigenvalue weighted by atomic mass is 10.2. The summed E-state index contributed by atoms with van der Waals surface area (Å²) in [5.74, 6) is -0.516. The lowest BCUT2D eigenvalue weighted by Gasteiger charge is -2.10. The number of nitrogens with one attached hydrogen (secondary N) is 2. The molecule has 6 heteroatoms. The van der Waals surface area contributed by atoms with Gasteiger partial charge in [0.05, 0.1) is 6.54 Å². The third-order valence-corrected chi connectivity index (χ3v) is 3.03. The minimum Gasteiger partial charge on any atom is -0.368 e. The summed E-state index contributed by atoms with van der Waals surface area (Å²) < 4.78 is 5.22. The Morgan fingerprint density at radius 3 is 2.68 bits per heavy atom. The van der Waals surface area contributed by atoms with E-state index in [1.807, 2.05) is 0 Å². The summed E-state index contributed by atoms with van der Waals surface area (Å²) in [6, 6.07) is 6.76. The van der Waals surface area contributed by atoms with E-state index in [1.165, 1.54) is 0 Å². The third kappa shape index (κ3) is 4.22. The number of carbonyl (C=O) groups is 2. The van der Waals surface area contributed by atoms with Crippen LogP contribution in [0.3, 0.4) is 0 Å². The zero-order valence-electron chi connectivity index (χ0n) is 10.3. The molecule has 1 heterocycles. The molecule has 19 heavy (non-hydrogen) atoms. The Kier molecular flexibility index (Phi) is 4.76. The number of carbonyl (C=O) groups excluding carboxylic acids is 2. The van der Waals surface area contributed by atoms with Crippen molar-refractivity contribution >= 4 is 29.1 Å². The third-order valence-electron chi connectivity index (χ3n) is 2.77. The first kappa shape index (κ1) is 13.8. The van der Waals surface area contributed by atoms with Crippen LogP contribution in [0.2, 0.25) is 5.02 Å². The molecule has 1 atom stereocenters. The summed E-state index contributed by atoms with van der Waals surface area (Å²) in [6.07, 6.45) is 1.18. The first-order chi connectivity index (χ1) is 9.15. The summed E-state index contributed by atoms with van der Waals surface area (Å²) in [7, 11) is 0. The molecule has 1 saturated heterocycles. The molecule has 0 aliphatic carbocycles. The quantitative estimate of drug-likeness (QED) is 0.881. The molecular formula is C13H15ClN2O3. The van der Waals surface area contributed by atoms with Gasteiger partial charge in [0.2, 0.25) is 11.8 Å². The number of halogens is 1. The van der Waals surface area contributed by atoms with E-state index in [9.17, 15) is 9.59 Å². The number of hydrogen-bond donors (Lipinski definition) is 2. The van der Waals surface area contributed by atoms with Gasteiger partial charge in [-0.2, -0.15) is 0 Å². The topological polar surface area (TPSA) is 67.4 Å². The molecule has 0 bridgehead atoms. The Balaban J connectivity index is 1.75.